The van der Waals surface area contributed by atoms with Crippen molar-refractivity contribution < 1.29 is 64.5 Å². The van der Waals surface area contributed by atoms with Crippen LogP contribution in [0.25, 0.3) is 0 Å². The largest absolute Gasteiger partial charge is 0.423 e. The van der Waals surface area contributed by atoms with Crippen molar-refractivity contribution >= 4 is 23.9 Å². The Morgan fingerprint density at radius 3 is 0.860 bits per heavy atom. The molecule has 0 heterocycles. The Morgan fingerprint density at radius 1 is 0.333 bits per heavy atom. The number of carbonyl (C=O) groups is 4. The number of benzene rings is 6. The third-order valence-corrected chi connectivity index (χ3v) is 8.42. The van der Waals surface area contributed by atoms with Crippen LogP contribution in [0.2, 0.25) is 0 Å². The predicted molar refractivity (Wildman–Crippen MR) is 191 cm³/mol. The molecular formula is C43H26F6O8. The maximum atomic E-state index is 14.8. The molecule has 0 spiro atoms. The van der Waals surface area contributed by atoms with Crippen LogP contribution in [-0.2, 0) is 5.41 Å². The van der Waals surface area contributed by atoms with Crippen molar-refractivity contribution in [1.82, 2.24) is 0 Å². The summed E-state index contributed by atoms with van der Waals surface area (Å²) < 4.78 is 110. The van der Waals surface area contributed by atoms with Gasteiger partial charge in [0, 0.05) is 0 Å². The first-order chi connectivity index (χ1) is 27.2. The van der Waals surface area contributed by atoms with Gasteiger partial charge in [-0.3, -0.25) is 0 Å². The highest BCUT2D eigenvalue weighted by Crippen LogP contribution is 2.56. The van der Waals surface area contributed by atoms with Crippen LogP contribution in [0, 0.1) is 0 Å². The number of hydrogen-bond donors (Lipinski definition) is 0. The normalized spacial score (nSPS) is 11.6. The smallest absolute Gasteiger partial charge is 0.411 e. The van der Waals surface area contributed by atoms with E-state index in [1.165, 1.54) is 60.7 Å². The van der Waals surface area contributed by atoms with E-state index >= 15 is 0 Å². The quantitative estimate of drug-likeness (QED) is 0.0768. The summed E-state index contributed by atoms with van der Waals surface area (Å²) in [6, 6.07) is 31.7. The summed E-state index contributed by atoms with van der Waals surface area (Å²) in [5.41, 5.74) is -7.44. The zero-order valence-electron chi connectivity index (χ0n) is 29.0. The molecule has 0 saturated carbocycles. The van der Waals surface area contributed by atoms with Gasteiger partial charge in [-0.05, 0) is 96.1 Å². The average molecular weight is 785 g/mol. The summed E-state index contributed by atoms with van der Waals surface area (Å²) >= 11 is 0. The van der Waals surface area contributed by atoms with Crippen LogP contribution in [0.1, 0.15) is 52.6 Å². The third-order valence-electron chi connectivity index (χ3n) is 8.42. The van der Waals surface area contributed by atoms with Crippen LogP contribution in [0.5, 0.6) is 23.0 Å². The van der Waals surface area contributed by atoms with E-state index in [4.69, 9.17) is 18.9 Å². The number of halogens is 6. The number of alkyl halides is 6. The molecule has 0 aliphatic carbocycles. The molecule has 8 nitrogen and oxygen atoms in total. The summed E-state index contributed by atoms with van der Waals surface area (Å²) in [4.78, 5) is 50.9. The summed E-state index contributed by atoms with van der Waals surface area (Å²) in [5.74, 6) is -4.00. The maximum Gasteiger partial charge on any atom is 0.411 e. The van der Waals surface area contributed by atoms with Gasteiger partial charge in [-0.25, -0.2) is 19.2 Å². The van der Waals surface area contributed by atoms with Crippen LogP contribution in [0.15, 0.2) is 158 Å². The average Bonchev–Trinajstić information content (AvgIpc) is 3.19. The second-order valence-corrected chi connectivity index (χ2v) is 12.1. The highest BCUT2D eigenvalue weighted by molar-refractivity contribution is 5.97. The SMILES string of the molecule is O=C(Oc1ccccc1)c1cccc(C(=O)Oc2ccc(C(c3ccc(OC(=O)c4cccc(C(=O)Oc5ccccc5)c4)cc3)(C(F)(F)F)C(F)(F)F)cc2)c1. The topological polar surface area (TPSA) is 105 Å². The fourth-order valence-electron chi connectivity index (χ4n) is 5.72. The highest BCUT2D eigenvalue weighted by atomic mass is 19.4. The van der Waals surface area contributed by atoms with E-state index in [1.54, 1.807) is 36.4 Å². The number of ether oxygens (including phenoxy) is 4. The Bertz CT molecular complexity index is 2220. The second-order valence-electron chi connectivity index (χ2n) is 12.1. The molecule has 0 aliphatic heterocycles. The number of rotatable bonds is 10. The lowest BCUT2D eigenvalue weighted by Crippen LogP contribution is -2.54. The first-order valence-electron chi connectivity index (χ1n) is 16.7. The first-order valence-corrected chi connectivity index (χ1v) is 16.7. The van der Waals surface area contributed by atoms with Crippen LogP contribution in [-0.4, -0.2) is 36.2 Å². The molecule has 57 heavy (non-hydrogen) atoms. The molecule has 0 unspecified atom stereocenters. The van der Waals surface area contributed by atoms with E-state index in [0.717, 1.165) is 36.4 Å². The fraction of sp³-hybridized carbons (Fsp3) is 0.0698. The number of esters is 4. The van der Waals surface area contributed by atoms with Crippen molar-refractivity contribution in [2.24, 2.45) is 0 Å². The fourth-order valence-corrected chi connectivity index (χ4v) is 5.72. The number of carbonyl (C=O) groups excluding carboxylic acids is 4. The number of para-hydroxylation sites is 2. The zero-order chi connectivity index (χ0) is 40.8. The summed E-state index contributed by atoms with van der Waals surface area (Å²) in [6.45, 7) is 0. The van der Waals surface area contributed by atoms with E-state index in [-0.39, 0.29) is 45.3 Å². The molecule has 6 aromatic carbocycles. The van der Waals surface area contributed by atoms with E-state index in [1.807, 2.05) is 0 Å². The van der Waals surface area contributed by atoms with E-state index in [2.05, 4.69) is 0 Å². The van der Waals surface area contributed by atoms with Gasteiger partial charge >= 0.3 is 36.2 Å². The van der Waals surface area contributed by atoms with Gasteiger partial charge in [0.15, 0.2) is 0 Å². The lowest BCUT2D eigenvalue weighted by atomic mass is 9.73. The minimum absolute atomic E-state index is 0.0279. The van der Waals surface area contributed by atoms with E-state index < -0.39 is 52.8 Å². The standard InChI is InChI=1S/C43H26F6O8/c44-42(45,46)41(43(47,48)49,31-17-21-35(22-18-31)56-39(52)29-11-7-9-27(25-29)37(50)54-33-13-3-1-4-14-33)32-19-23-36(24-20-32)57-40(53)30-12-8-10-28(26-30)38(51)55-34-15-5-2-6-16-34/h1-26H. The van der Waals surface area contributed by atoms with Crippen molar-refractivity contribution in [1.29, 1.82) is 0 Å². The molecule has 6 rings (SSSR count). The van der Waals surface area contributed by atoms with E-state index in [0.29, 0.717) is 24.3 Å². The molecular weight excluding hydrogens is 758 g/mol. The Morgan fingerprint density at radius 2 is 0.596 bits per heavy atom. The van der Waals surface area contributed by atoms with Crippen molar-refractivity contribution in [3.63, 3.8) is 0 Å². The van der Waals surface area contributed by atoms with Crippen LogP contribution < -0.4 is 18.9 Å². The Hall–Kier alpha value is -7.22. The highest BCUT2D eigenvalue weighted by Gasteiger charge is 2.72. The zero-order valence-corrected chi connectivity index (χ0v) is 29.0. The minimum atomic E-state index is -5.95. The Kier molecular flexibility index (Phi) is 11.3. The van der Waals surface area contributed by atoms with E-state index in [9.17, 15) is 45.5 Å². The van der Waals surface area contributed by atoms with Gasteiger partial charge in [0.05, 0.1) is 22.3 Å². The monoisotopic (exact) mass is 784 g/mol. The summed E-state index contributed by atoms with van der Waals surface area (Å²) in [7, 11) is 0. The first kappa shape index (κ1) is 39.5. The molecule has 288 valence electrons. The van der Waals surface area contributed by atoms with Gasteiger partial charge in [0.25, 0.3) is 0 Å². The van der Waals surface area contributed by atoms with Gasteiger partial charge < -0.3 is 18.9 Å². The Labute approximate surface area is 319 Å². The predicted octanol–water partition coefficient (Wildman–Crippen LogP) is 9.97. The molecule has 0 saturated heterocycles. The van der Waals surface area contributed by atoms with Gasteiger partial charge in [0.2, 0.25) is 5.41 Å². The molecule has 0 fully saturated rings. The van der Waals surface area contributed by atoms with Gasteiger partial charge in [-0.15, -0.1) is 0 Å². The van der Waals surface area contributed by atoms with Crippen molar-refractivity contribution in [3.8, 4) is 23.0 Å². The molecule has 0 radical (unpaired) electrons. The Balaban J connectivity index is 1.19. The molecule has 0 bridgehead atoms. The van der Waals surface area contributed by atoms with Gasteiger partial charge in [-0.1, -0.05) is 72.8 Å². The van der Waals surface area contributed by atoms with Crippen LogP contribution >= 0.6 is 0 Å². The third kappa shape index (κ3) is 8.70. The van der Waals surface area contributed by atoms with Crippen molar-refractivity contribution in [3.05, 3.63) is 191 Å². The molecule has 14 heteroatoms. The molecule has 0 amide bonds. The molecule has 0 atom stereocenters. The van der Waals surface area contributed by atoms with Crippen LogP contribution in [0.4, 0.5) is 26.3 Å². The maximum absolute atomic E-state index is 14.8. The molecule has 0 aliphatic rings. The summed E-state index contributed by atoms with van der Waals surface area (Å²) in [6.07, 6.45) is -11.9. The summed E-state index contributed by atoms with van der Waals surface area (Å²) in [5, 5.41) is 0. The van der Waals surface area contributed by atoms with Crippen molar-refractivity contribution in [2.75, 3.05) is 0 Å². The lowest BCUT2D eigenvalue weighted by molar-refractivity contribution is -0.288. The molecule has 0 aromatic heterocycles. The number of hydrogen-bond acceptors (Lipinski definition) is 8. The molecule has 0 N–H and O–H groups in total. The lowest BCUT2D eigenvalue weighted by Gasteiger charge is -2.38. The second kappa shape index (κ2) is 16.3. The van der Waals surface area contributed by atoms with Gasteiger partial charge in [0.1, 0.15) is 23.0 Å². The van der Waals surface area contributed by atoms with Crippen molar-refractivity contribution in [2.45, 2.75) is 17.8 Å². The molecule has 6 aromatic rings. The van der Waals surface area contributed by atoms with Gasteiger partial charge in [-0.2, -0.15) is 26.3 Å². The van der Waals surface area contributed by atoms with Crippen LogP contribution in [0.3, 0.4) is 0 Å². The minimum Gasteiger partial charge on any atom is -0.423 e.